The zero-order chi connectivity index (χ0) is 14.6. The van der Waals surface area contributed by atoms with E-state index in [2.05, 4.69) is 0 Å². The van der Waals surface area contributed by atoms with Crippen molar-refractivity contribution in [2.75, 3.05) is 23.7 Å². The highest BCUT2D eigenvalue weighted by Gasteiger charge is 2.21. The van der Waals surface area contributed by atoms with Crippen LogP contribution in [-0.2, 0) is 14.8 Å². The Balaban J connectivity index is 2.12. The number of ether oxygens (including phenoxy) is 1. The minimum absolute atomic E-state index is 0.151. The topological polar surface area (TPSA) is 70.4 Å². The van der Waals surface area contributed by atoms with Gasteiger partial charge in [-0.1, -0.05) is 0 Å². The van der Waals surface area contributed by atoms with Gasteiger partial charge in [0, 0.05) is 13.2 Å². The first-order chi connectivity index (χ1) is 9.50. The molecular formula is C14H18N2O3S. The molecule has 1 aliphatic rings. The fraction of sp³-hybridized carbons (Fsp3) is 0.500. The molecule has 0 radical (unpaired) electrons. The second-order valence-electron chi connectivity index (χ2n) is 4.92. The van der Waals surface area contributed by atoms with Crippen LogP contribution in [0.25, 0.3) is 0 Å². The van der Waals surface area contributed by atoms with E-state index in [1.54, 1.807) is 24.3 Å². The second kappa shape index (κ2) is 6.25. The minimum Gasteiger partial charge on any atom is -0.378 e. The van der Waals surface area contributed by atoms with Crippen molar-refractivity contribution in [3.63, 3.8) is 0 Å². The molecule has 1 atom stereocenters. The minimum atomic E-state index is -3.33. The lowest BCUT2D eigenvalue weighted by Gasteiger charge is -2.23. The van der Waals surface area contributed by atoms with Crippen molar-refractivity contribution in [1.29, 1.82) is 5.26 Å². The summed E-state index contributed by atoms with van der Waals surface area (Å²) in [5.41, 5.74) is 1.10. The molecule has 20 heavy (non-hydrogen) atoms. The Hall–Kier alpha value is -1.58. The number of anilines is 1. The molecule has 0 saturated carbocycles. The Morgan fingerprint density at radius 2 is 2.10 bits per heavy atom. The molecule has 2 rings (SSSR count). The van der Waals surface area contributed by atoms with Gasteiger partial charge in [0.2, 0.25) is 10.0 Å². The highest BCUT2D eigenvalue weighted by molar-refractivity contribution is 7.92. The van der Waals surface area contributed by atoms with Crippen LogP contribution >= 0.6 is 0 Å². The summed E-state index contributed by atoms with van der Waals surface area (Å²) in [7, 11) is -3.33. The Morgan fingerprint density at radius 3 is 2.60 bits per heavy atom. The highest BCUT2D eigenvalue weighted by atomic mass is 32.2. The second-order valence-corrected chi connectivity index (χ2v) is 6.82. The van der Waals surface area contributed by atoms with Crippen LogP contribution in [0.3, 0.4) is 0 Å². The number of nitrogens with zero attached hydrogens (tertiary/aromatic N) is 2. The van der Waals surface area contributed by atoms with Crippen LogP contribution in [0.15, 0.2) is 24.3 Å². The summed E-state index contributed by atoms with van der Waals surface area (Å²) in [5, 5.41) is 8.78. The summed E-state index contributed by atoms with van der Waals surface area (Å²) in [5.74, 6) is 0. The molecule has 1 aliphatic heterocycles. The molecule has 1 fully saturated rings. The quantitative estimate of drug-likeness (QED) is 0.831. The molecule has 0 amide bonds. The van der Waals surface area contributed by atoms with Gasteiger partial charge in [-0.2, -0.15) is 5.26 Å². The van der Waals surface area contributed by atoms with E-state index >= 15 is 0 Å². The SMILES string of the molecule is CS(=O)(=O)N(CC[C@H]1CCCO1)c1ccc(C#N)cc1. The van der Waals surface area contributed by atoms with Crippen molar-refractivity contribution in [2.24, 2.45) is 0 Å². The Kier molecular flexibility index (Phi) is 4.63. The molecule has 0 unspecified atom stereocenters. The predicted octanol–water partition coefficient (Wildman–Crippen LogP) is 1.89. The van der Waals surface area contributed by atoms with Crippen molar-refractivity contribution in [2.45, 2.75) is 25.4 Å². The summed E-state index contributed by atoms with van der Waals surface area (Å²) in [6, 6.07) is 8.59. The van der Waals surface area contributed by atoms with Crippen LogP contribution in [0.4, 0.5) is 5.69 Å². The maximum atomic E-state index is 11.9. The van der Waals surface area contributed by atoms with Gasteiger partial charge in [-0.3, -0.25) is 4.31 Å². The third kappa shape index (κ3) is 3.71. The zero-order valence-electron chi connectivity index (χ0n) is 11.4. The van der Waals surface area contributed by atoms with Gasteiger partial charge in [0.05, 0.1) is 29.7 Å². The van der Waals surface area contributed by atoms with Gasteiger partial charge in [-0.15, -0.1) is 0 Å². The predicted molar refractivity (Wildman–Crippen MR) is 76.9 cm³/mol. The molecule has 1 aromatic rings. The molecule has 1 saturated heterocycles. The van der Waals surface area contributed by atoms with E-state index in [0.717, 1.165) is 19.4 Å². The lowest BCUT2D eigenvalue weighted by atomic mass is 10.2. The molecule has 6 heteroatoms. The first-order valence-electron chi connectivity index (χ1n) is 6.60. The van der Waals surface area contributed by atoms with Crippen molar-refractivity contribution >= 4 is 15.7 Å². The normalized spacial score (nSPS) is 18.7. The van der Waals surface area contributed by atoms with Crippen LogP contribution in [0.1, 0.15) is 24.8 Å². The van der Waals surface area contributed by atoms with Crippen LogP contribution in [0.5, 0.6) is 0 Å². The van der Waals surface area contributed by atoms with E-state index in [4.69, 9.17) is 10.00 Å². The lowest BCUT2D eigenvalue weighted by molar-refractivity contribution is 0.106. The van der Waals surface area contributed by atoms with Crippen LogP contribution in [-0.4, -0.2) is 33.9 Å². The monoisotopic (exact) mass is 294 g/mol. The van der Waals surface area contributed by atoms with Crippen molar-refractivity contribution in [3.05, 3.63) is 29.8 Å². The highest BCUT2D eigenvalue weighted by Crippen LogP contribution is 2.21. The molecule has 0 spiro atoms. The molecule has 1 heterocycles. The van der Waals surface area contributed by atoms with Crippen molar-refractivity contribution in [3.8, 4) is 6.07 Å². The van der Waals surface area contributed by atoms with E-state index in [0.29, 0.717) is 24.2 Å². The third-order valence-electron chi connectivity index (χ3n) is 3.36. The maximum absolute atomic E-state index is 11.9. The number of nitriles is 1. The fourth-order valence-electron chi connectivity index (χ4n) is 2.32. The molecule has 0 aliphatic carbocycles. The van der Waals surface area contributed by atoms with E-state index in [1.165, 1.54) is 10.6 Å². The molecule has 108 valence electrons. The van der Waals surface area contributed by atoms with Gasteiger partial charge in [0.25, 0.3) is 0 Å². The summed E-state index contributed by atoms with van der Waals surface area (Å²) in [6.07, 6.45) is 4.07. The smallest absolute Gasteiger partial charge is 0.232 e. The molecule has 0 bridgehead atoms. The fourth-order valence-corrected chi connectivity index (χ4v) is 3.26. The van der Waals surface area contributed by atoms with Crippen LogP contribution in [0, 0.1) is 11.3 Å². The van der Waals surface area contributed by atoms with E-state index < -0.39 is 10.0 Å². The molecule has 1 aromatic carbocycles. The largest absolute Gasteiger partial charge is 0.378 e. The average molecular weight is 294 g/mol. The number of benzene rings is 1. The summed E-state index contributed by atoms with van der Waals surface area (Å²) in [6.45, 7) is 1.16. The van der Waals surface area contributed by atoms with Gasteiger partial charge in [0.15, 0.2) is 0 Å². The zero-order valence-corrected chi connectivity index (χ0v) is 12.3. The van der Waals surface area contributed by atoms with Gasteiger partial charge in [-0.05, 0) is 43.5 Å². The van der Waals surface area contributed by atoms with Gasteiger partial charge in [-0.25, -0.2) is 8.42 Å². The number of sulfonamides is 1. The van der Waals surface area contributed by atoms with E-state index in [-0.39, 0.29) is 6.10 Å². The molecule has 0 N–H and O–H groups in total. The maximum Gasteiger partial charge on any atom is 0.232 e. The average Bonchev–Trinajstić information content (AvgIpc) is 2.91. The number of hydrogen-bond acceptors (Lipinski definition) is 4. The molecule has 0 aromatic heterocycles. The summed E-state index contributed by atoms with van der Waals surface area (Å²) >= 11 is 0. The van der Waals surface area contributed by atoms with E-state index in [9.17, 15) is 8.42 Å². The van der Waals surface area contributed by atoms with Gasteiger partial charge < -0.3 is 4.74 Å². The van der Waals surface area contributed by atoms with Gasteiger partial charge >= 0.3 is 0 Å². The Labute approximate surface area is 119 Å². The number of rotatable bonds is 5. The van der Waals surface area contributed by atoms with Crippen LogP contribution in [0.2, 0.25) is 0 Å². The van der Waals surface area contributed by atoms with E-state index in [1.807, 2.05) is 6.07 Å². The van der Waals surface area contributed by atoms with Crippen molar-refractivity contribution in [1.82, 2.24) is 0 Å². The Bertz CT molecular complexity index is 584. The van der Waals surface area contributed by atoms with Gasteiger partial charge in [0.1, 0.15) is 0 Å². The van der Waals surface area contributed by atoms with Crippen LogP contribution < -0.4 is 4.31 Å². The first kappa shape index (κ1) is 14.8. The Morgan fingerprint density at radius 1 is 1.40 bits per heavy atom. The summed E-state index contributed by atoms with van der Waals surface area (Å²) in [4.78, 5) is 0. The van der Waals surface area contributed by atoms with Crippen molar-refractivity contribution < 1.29 is 13.2 Å². The number of hydrogen-bond donors (Lipinski definition) is 0. The molecular weight excluding hydrogens is 276 g/mol. The summed E-state index contributed by atoms with van der Waals surface area (Å²) < 4.78 is 30.7. The standard InChI is InChI=1S/C14H18N2O3S/c1-20(17,18)16(9-8-14-3-2-10-19-14)13-6-4-12(11-15)5-7-13/h4-7,14H,2-3,8-10H2,1H3/t14-/m1/s1. The third-order valence-corrected chi connectivity index (χ3v) is 4.56. The molecule has 5 nitrogen and oxygen atoms in total. The first-order valence-corrected chi connectivity index (χ1v) is 8.45. The lowest BCUT2D eigenvalue weighted by Crippen LogP contribution is -2.32.